The summed E-state index contributed by atoms with van der Waals surface area (Å²) in [5.41, 5.74) is 0. The summed E-state index contributed by atoms with van der Waals surface area (Å²) in [7, 11) is 0. The first-order chi connectivity index (χ1) is 6.25. The van der Waals surface area contributed by atoms with Crippen LogP contribution in [0.5, 0.6) is 0 Å². The third-order valence-electron chi connectivity index (χ3n) is 2.69. The van der Waals surface area contributed by atoms with Crippen molar-refractivity contribution in [2.75, 3.05) is 13.2 Å². The molecule has 3 nitrogen and oxygen atoms in total. The lowest BCUT2D eigenvalue weighted by Crippen LogP contribution is -2.46. The smallest absolute Gasteiger partial charge is 0.293 e. The van der Waals surface area contributed by atoms with Crippen LogP contribution in [0.2, 0.25) is 0 Å². The zero-order chi connectivity index (χ0) is 9.68. The number of likely N-dealkylation sites (tertiary alicyclic amines) is 1. The van der Waals surface area contributed by atoms with E-state index in [9.17, 15) is 4.79 Å². The summed E-state index contributed by atoms with van der Waals surface area (Å²) in [4.78, 5) is 12.5. The largest absolute Gasteiger partial charge is 0.466 e. The van der Waals surface area contributed by atoms with Crippen molar-refractivity contribution in [1.29, 1.82) is 0 Å². The van der Waals surface area contributed by atoms with Gasteiger partial charge in [-0.1, -0.05) is 6.42 Å². The molecule has 0 aromatic rings. The second kappa shape index (κ2) is 5.22. The van der Waals surface area contributed by atoms with E-state index in [4.69, 9.17) is 4.74 Å². The number of carbonyl (C=O) groups is 1. The second-order valence-electron chi connectivity index (χ2n) is 3.91. The van der Waals surface area contributed by atoms with Gasteiger partial charge in [-0.3, -0.25) is 9.69 Å². The van der Waals surface area contributed by atoms with Crippen molar-refractivity contribution in [2.45, 2.75) is 45.2 Å². The molecule has 0 radical (unpaired) electrons. The van der Waals surface area contributed by atoms with E-state index in [1.54, 1.807) is 0 Å². The average molecular weight is 185 g/mol. The van der Waals surface area contributed by atoms with Gasteiger partial charge in [0.15, 0.2) is 0 Å². The molecule has 0 aliphatic carbocycles. The lowest BCUT2D eigenvalue weighted by Gasteiger charge is -2.37. The average Bonchev–Trinajstić information content (AvgIpc) is 2.15. The molecule has 0 bridgehead atoms. The minimum absolute atomic E-state index is 0.443. The highest BCUT2D eigenvalue weighted by atomic mass is 16.5. The number of carbonyl (C=O) groups excluding carboxylic acids is 1. The maximum absolute atomic E-state index is 10.1. The zero-order valence-electron chi connectivity index (χ0n) is 8.53. The molecule has 1 unspecified atom stereocenters. The van der Waals surface area contributed by atoms with Crippen molar-refractivity contribution in [3.8, 4) is 0 Å². The van der Waals surface area contributed by atoms with Crippen molar-refractivity contribution < 1.29 is 9.53 Å². The quantitative estimate of drug-likeness (QED) is 0.620. The minimum atomic E-state index is 0.443. The number of rotatable bonds is 4. The molecule has 1 atom stereocenters. The van der Waals surface area contributed by atoms with Crippen LogP contribution in [0, 0.1) is 0 Å². The maximum atomic E-state index is 10.1. The van der Waals surface area contributed by atoms with Gasteiger partial charge >= 0.3 is 0 Å². The van der Waals surface area contributed by atoms with Gasteiger partial charge in [0.1, 0.15) is 6.61 Å². The van der Waals surface area contributed by atoms with Crippen molar-refractivity contribution in [1.82, 2.24) is 4.90 Å². The van der Waals surface area contributed by atoms with E-state index in [1.807, 2.05) is 0 Å². The van der Waals surface area contributed by atoms with Crippen molar-refractivity contribution in [3.63, 3.8) is 0 Å². The Kier molecular flexibility index (Phi) is 4.22. The van der Waals surface area contributed by atoms with E-state index < -0.39 is 0 Å². The monoisotopic (exact) mass is 185 g/mol. The highest BCUT2D eigenvalue weighted by Gasteiger charge is 2.24. The molecular weight excluding hydrogens is 166 g/mol. The third-order valence-corrected chi connectivity index (χ3v) is 2.69. The second-order valence-corrected chi connectivity index (χ2v) is 3.91. The molecule has 13 heavy (non-hydrogen) atoms. The van der Waals surface area contributed by atoms with Crippen molar-refractivity contribution in [3.05, 3.63) is 0 Å². The first-order valence-corrected chi connectivity index (χ1v) is 5.06. The van der Waals surface area contributed by atoms with E-state index >= 15 is 0 Å². The molecule has 0 aromatic heterocycles. The highest BCUT2D eigenvalue weighted by molar-refractivity contribution is 5.36. The molecule has 1 saturated heterocycles. The Bertz CT molecular complexity index is 159. The normalized spacial score (nSPS) is 24.7. The van der Waals surface area contributed by atoms with E-state index in [1.165, 1.54) is 12.8 Å². The van der Waals surface area contributed by atoms with Crippen LogP contribution in [0.4, 0.5) is 0 Å². The predicted molar refractivity (Wildman–Crippen MR) is 51.5 cm³/mol. The molecular formula is C10H19NO2. The molecule has 0 aromatic carbocycles. The first-order valence-electron chi connectivity index (χ1n) is 5.06. The fourth-order valence-corrected chi connectivity index (χ4v) is 2.03. The summed E-state index contributed by atoms with van der Waals surface area (Å²) in [6, 6.07) is 1.000. The molecule has 0 amide bonds. The number of piperidine rings is 1. The Hall–Kier alpha value is -0.570. The van der Waals surface area contributed by atoms with E-state index in [-0.39, 0.29) is 0 Å². The maximum Gasteiger partial charge on any atom is 0.293 e. The lowest BCUT2D eigenvalue weighted by atomic mass is 10.0. The van der Waals surface area contributed by atoms with Crippen LogP contribution < -0.4 is 0 Å². The standard InChI is InChI=1S/C10H19NO2/c1-9(2)11-6-4-3-5-10(11)7-13-8-12/h8-10H,3-7H2,1-2H3. The SMILES string of the molecule is CC(C)N1CCCCC1COC=O. The summed E-state index contributed by atoms with van der Waals surface area (Å²) in [5.74, 6) is 0. The molecule has 1 fully saturated rings. The highest BCUT2D eigenvalue weighted by Crippen LogP contribution is 2.19. The minimum Gasteiger partial charge on any atom is -0.466 e. The summed E-state index contributed by atoms with van der Waals surface area (Å²) in [6.45, 7) is 6.64. The third kappa shape index (κ3) is 2.99. The summed E-state index contributed by atoms with van der Waals surface area (Å²) in [5, 5.41) is 0. The Morgan fingerprint density at radius 1 is 1.54 bits per heavy atom. The van der Waals surface area contributed by atoms with Gasteiger partial charge in [0.2, 0.25) is 0 Å². The van der Waals surface area contributed by atoms with Crippen LogP contribution in [0.25, 0.3) is 0 Å². The Morgan fingerprint density at radius 3 is 2.92 bits per heavy atom. The number of nitrogens with zero attached hydrogens (tertiary/aromatic N) is 1. The van der Waals surface area contributed by atoms with Crippen LogP contribution >= 0.6 is 0 Å². The van der Waals surface area contributed by atoms with Crippen molar-refractivity contribution >= 4 is 6.47 Å². The van der Waals surface area contributed by atoms with E-state index in [0.717, 1.165) is 13.0 Å². The fraction of sp³-hybridized carbons (Fsp3) is 0.900. The molecule has 3 heteroatoms. The number of ether oxygens (including phenoxy) is 1. The summed E-state index contributed by atoms with van der Waals surface area (Å²) in [6.07, 6.45) is 3.69. The first kappa shape index (κ1) is 10.5. The fourth-order valence-electron chi connectivity index (χ4n) is 2.03. The lowest BCUT2D eigenvalue weighted by molar-refractivity contribution is -0.131. The van der Waals surface area contributed by atoms with Gasteiger partial charge in [-0.2, -0.15) is 0 Å². The Balaban J connectivity index is 2.41. The van der Waals surface area contributed by atoms with Gasteiger partial charge in [0.05, 0.1) is 0 Å². The van der Waals surface area contributed by atoms with Gasteiger partial charge in [-0.05, 0) is 33.2 Å². The molecule has 1 aliphatic heterocycles. The predicted octanol–water partition coefficient (Wildman–Crippen LogP) is 1.42. The van der Waals surface area contributed by atoms with Gasteiger partial charge in [0.25, 0.3) is 6.47 Å². The molecule has 1 heterocycles. The van der Waals surface area contributed by atoms with Crippen LogP contribution in [-0.4, -0.2) is 36.6 Å². The summed E-state index contributed by atoms with van der Waals surface area (Å²) < 4.78 is 4.83. The molecule has 0 spiro atoms. The molecule has 1 rings (SSSR count). The van der Waals surface area contributed by atoms with Crippen LogP contribution in [0.1, 0.15) is 33.1 Å². The Labute approximate surface area is 80.1 Å². The molecule has 1 aliphatic rings. The van der Waals surface area contributed by atoms with Gasteiger partial charge in [-0.15, -0.1) is 0 Å². The van der Waals surface area contributed by atoms with Crippen molar-refractivity contribution in [2.24, 2.45) is 0 Å². The van der Waals surface area contributed by atoms with Gasteiger partial charge < -0.3 is 4.74 Å². The number of hydrogen-bond donors (Lipinski definition) is 0. The number of hydrogen-bond acceptors (Lipinski definition) is 3. The topological polar surface area (TPSA) is 29.5 Å². The van der Waals surface area contributed by atoms with E-state index in [2.05, 4.69) is 18.7 Å². The van der Waals surface area contributed by atoms with E-state index in [0.29, 0.717) is 25.2 Å². The Morgan fingerprint density at radius 2 is 2.31 bits per heavy atom. The van der Waals surface area contributed by atoms with Gasteiger partial charge in [-0.25, -0.2) is 0 Å². The molecule has 0 N–H and O–H groups in total. The molecule has 76 valence electrons. The zero-order valence-corrected chi connectivity index (χ0v) is 8.53. The molecule has 0 saturated carbocycles. The van der Waals surface area contributed by atoms with Crippen LogP contribution in [0.3, 0.4) is 0 Å². The van der Waals surface area contributed by atoms with Crippen LogP contribution in [-0.2, 0) is 9.53 Å². The summed E-state index contributed by atoms with van der Waals surface area (Å²) >= 11 is 0. The van der Waals surface area contributed by atoms with Crippen LogP contribution in [0.15, 0.2) is 0 Å². The van der Waals surface area contributed by atoms with Gasteiger partial charge in [0, 0.05) is 12.1 Å².